The molecule has 4 aromatic rings. The number of aromatic amines is 2. The van der Waals surface area contributed by atoms with Gasteiger partial charge in [0.1, 0.15) is 11.3 Å². The van der Waals surface area contributed by atoms with Crippen LogP contribution in [0.2, 0.25) is 0 Å². The van der Waals surface area contributed by atoms with Crippen LogP contribution in [-0.4, -0.2) is 53.8 Å². The SMILES string of the molecule is Cn1ccc(-c2[nH]ncc2C(=O)N2CC=C(c3c[nH]c4ncccc34)CC2)n1. The summed E-state index contributed by atoms with van der Waals surface area (Å²) < 4.78 is 1.70. The van der Waals surface area contributed by atoms with E-state index in [4.69, 9.17) is 0 Å². The number of aromatic nitrogens is 6. The second kappa shape index (κ2) is 6.49. The van der Waals surface area contributed by atoms with Gasteiger partial charge in [0.05, 0.1) is 17.5 Å². The minimum Gasteiger partial charge on any atom is -0.346 e. The fourth-order valence-corrected chi connectivity index (χ4v) is 3.68. The first-order chi connectivity index (χ1) is 13.7. The smallest absolute Gasteiger partial charge is 0.258 e. The third-order valence-electron chi connectivity index (χ3n) is 5.13. The Hall–Kier alpha value is -3.68. The number of pyridine rings is 1. The molecule has 0 unspecified atom stereocenters. The Bertz CT molecular complexity index is 1200. The van der Waals surface area contributed by atoms with Crippen molar-refractivity contribution in [1.29, 1.82) is 0 Å². The van der Waals surface area contributed by atoms with Crippen molar-refractivity contribution >= 4 is 22.5 Å². The molecular formula is C20H19N7O. The number of rotatable bonds is 3. The van der Waals surface area contributed by atoms with E-state index in [0.29, 0.717) is 30.0 Å². The number of nitrogens with one attached hydrogen (secondary N) is 2. The Morgan fingerprint density at radius 3 is 3.00 bits per heavy atom. The molecule has 0 fully saturated rings. The lowest BCUT2D eigenvalue weighted by molar-refractivity contribution is 0.0773. The number of amides is 1. The normalized spacial score (nSPS) is 14.5. The molecule has 0 saturated heterocycles. The molecule has 140 valence electrons. The van der Waals surface area contributed by atoms with Gasteiger partial charge >= 0.3 is 0 Å². The van der Waals surface area contributed by atoms with E-state index in [-0.39, 0.29) is 5.91 Å². The van der Waals surface area contributed by atoms with Crippen LogP contribution < -0.4 is 0 Å². The maximum Gasteiger partial charge on any atom is 0.258 e. The molecule has 1 aliphatic heterocycles. The highest BCUT2D eigenvalue weighted by Gasteiger charge is 2.24. The number of carbonyl (C=O) groups excluding carboxylic acids is 1. The maximum absolute atomic E-state index is 13.1. The van der Waals surface area contributed by atoms with Crippen LogP contribution in [0.3, 0.4) is 0 Å². The molecule has 2 N–H and O–H groups in total. The molecule has 0 aliphatic carbocycles. The van der Waals surface area contributed by atoms with Crippen LogP contribution in [0.1, 0.15) is 22.3 Å². The zero-order chi connectivity index (χ0) is 19.1. The van der Waals surface area contributed by atoms with Gasteiger partial charge in [-0.15, -0.1) is 0 Å². The zero-order valence-corrected chi connectivity index (χ0v) is 15.4. The molecule has 4 aromatic heterocycles. The number of fused-ring (bicyclic) bond motifs is 1. The zero-order valence-electron chi connectivity index (χ0n) is 15.4. The molecule has 0 radical (unpaired) electrons. The highest BCUT2D eigenvalue weighted by atomic mass is 16.2. The van der Waals surface area contributed by atoms with E-state index in [1.807, 2.05) is 36.5 Å². The molecule has 5 rings (SSSR count). The number of hydrogen-bond acceptors (Lipinski definition) is 4. The minimum atomic E-state index is -0.0368. The van der Waals surface area contributed by atoms with Gasteiger partial charge < -0.3 is 9.88 Å². The molecule has 1 amide bonds. The molecule has 0 atom stereocenters. The van der Waals surface area contributed by atoms with E-state index in [2.05, 4.69) is 37.4 Å². The number of hydrogen-bond donors (Lipinski definition) is 2. The van der Waals surface area contributed by atoms with Gasteiger partial charge in [0, 0.05) is 49.7 Å². The number of aryl methyl sites for hydroxylation is 1. The van der Waals surface area contributed by atoms with E-state index >= 15 is 0 Å². The van der Waals surface area contributed by atoms with E-state index in [0.717, 1.165) is 23.0 Å². The molecule has 0 aromatic carbocycles. The van der Waals surface area contributed by atoms with E-state index in [1.165, 1.54) is 5.57 Å². The molecule has 0 bridgehead atoms. The quantitative estimate of drug-likeness (QED) is 0.577. The summed E-state index contributed by atoms with van der Waals surface area (Å²) in [5, 5.41) is 12.5. The summed E-state index contributed by atoms with van der Waals surface area (Å²) in [7, 11) is 1.85. The second-order valence-electron chi connectivity index (χ2n) is 6.87. The Kier molecular flexibility index (Phi) is 3.82. The molecule has 1 aliphatic rings. The first kappa shape index (κ1) is 16.5. The second-order valence-corrected chi connectivity index (χ2v) is 6.87. The van der Waals surface area contributed by atoms with E-state index in [1.54, 1.807) is 17.1 Å². The average molecular weight is 373 g/mol. The fraction of sp³-hybridized carbons (Fsp3) is 0.200. The lowest BCUT2D eigenvalue weighted by Gasteiger charge is -2.26. The third kappa shape index (κ3) is 2.70. The largest absolute Gasteiger partial charge is 0.346 e. The maximum atomic E-state index is 13.1. The first-order valence-electron chi connectivity index (χ1n) is 9.15. The summed E-state index contributed by atoms with van der Waals surface area (Å²) in [6.45, 7) is 1.22. The Labute approximate surface area is 160 Å². The van der Waals surface area contributed by atoms with Gasteiger partial charge in [0.25, 0.3) is 5.91 Å². The predicted molar refractivity (Wildman–Crippen MR) is 105 cm³/mol. The van der Waals surface area contributed by atoms with Crippen molar-refractivity contribution in [2.45, 2.75) is 6.42 Å². The summed E-state index contributed by atoms with van der Waals surface area (Å²) in [4.78, 5) is 22.5. The van der Waals surface area contributed by atoms with Crippen molar-refractivity contribution in [3.8, 4) is 11.4 Å². The van der Waals surface area contributed by atoms with Crippen molar-refractivity contribution in [3.05, 3.63) is 60.2 Å². The lowest BCUT2D eigenvalue weighted by atomic mass is 9.99. The fourth-order valence-electron chi connectivity index (χ4n) is 3.68. The van der Waals surface area contributed by atoms with Gasteiger partial charge in [0.2, 0.25) is 0 Å². The molecule has 8 heteroatoms. The first-order valence-corrected chi connectivity index (χ1v) is 9.15. The molecule has 0 saturated carbocycles. The summed E-state index contributed by atoms with van der Waals surface area (Å²) in [6, 6.07) is 5.87. The topological polar surface area (TPSA) is 95.5 Å². The molecule has 5 heterocycles. The lowest BCUT2D eigenvalue weighted by Crippen LogP contribution is -2.34. The van der Waals surface area contributed by atoms with Crippen LogP contribution in [-0.2, 0) is 7.05 Å². The highest BCUT2D eigenvalue weighted by Crippen LogP contribution is 2.29. The van der Waals surface area contributed by atoms with Crippen LogP contribution >= 0.6 is 0 Å². The van der Waals surface area contributed by atoms with Gasteiger partial charge in [-0.1, -0.05) is 6.08 Å². The summed E-state index contributed by atoms with van der Waals surface area (Å²) in [5.74, 6) is -0.0368. The summed E-state index contributed by atoms with van der Waals surface area (Å²) in [6.07, 6.45) is 10.1. The van der Waals surface area contributed by atoms with Gasteiger partial charge in [-0.3, -0.25) is 14.6 Å². The number of carbonyl (C=O) groups is 1. The Morgan fingerprint density at radius 2 is 2.21 bits per heavy atom. The molecular weight excluding hydrogens is 354 g/mol. The standard InChI is InChI=1S/C20H19N7O/c1-26-8-6-17(25-26)18-16(12-23-24-18)20(28)27-9-4-13(5-10-27)15-11-22-19-14(15)3-2-7-21-19/h2-4,6-8,11-12H,5,9-10H2,1H3,(H,21,22)(H,23,24). The average Bonchev–Trinajstić information content (AvgIpc) is 3.46. The van der Waals surface area contributed by atoms with E-state index in [9.17, 15) is 4.79 Å². The predicted octanol–water partition coefficient (Wildman–Crippen LogP) is 2.62. The highest BCUT2D eigenvalue weighted by molar-refractivity contribution is 6.00. The molecule has 0 spiro atoms. The van der Waals surface area contributed by atoms with Crippen molar-refractivity contribution in [3.63, 3.8) is 0 Å². The minimum absolute atomic E-state index is 0.0368. The van der Waals surface area contributed by atoms with Gasteiger partial charge in [-0.25, -0.2) is 4.98 Å². The van der Waals surface area contributed by atoms with Crippen LogP contribution in [0.25, 0.3) is 28.0 Å². The van der Waals surface area contributed by atoms with Crippen LogP contribution in [0.15, 0.2) is 49.1 Å². The van der Waals surface area contributed by atoms with Crippen molar-refractivity contribution in [2.24, 2.45) is 7.05 Å². The van der Waals surface area contributed by atoms with Gasteiger partial charge in [-0.05, 0) is 30.2 Å². The van der Waals surface area contributed by atoms with Gasteiger partial charge in [0.15, 0.2) is 0 Å². The third-order valence-corrected chi connectivity index (χ3v) is 5.13. The van der Waals surface area contributed by atoms with Crippen LogP contribution in [0, 0.1) is 0 Å². The van der Waals surface area contributed by atoms with Crippen molar-refractivity contribution in [2.75, 3.05) is 13.1 Å². The van der Waals surface area contributed by atoms with Crippen LogP contribution in [0.5, 0.6) is 0 Å². The van der Waals surface area contributed by atoms with Crippen molar-refractivity contribution < 1.29 is 4.79 Å². The van der Waals surface area contributed by atoms with Gasteiger partial charge in [-0.2, -0.15) is 10.2 Å². The Morgan fingerprint density at radius 1 is 1.29 bits per heavy atom. The monoisotopic (exact) mass is 373 g/mol. The number of nitrogens with zero attached hydrogens (tertiary/aromatic N) is 5. The number of H-pyrrole nitrogens is 2. The molecule has 8 nitrogen and oxygen atoms in total. The summed E-state index contributed by atoms with van der Waals surface area (Å²) >= 11 is 0. The van der Waals surface area contributed by atoms with E-state index < -0.39 is 0 Å². The van der Waals surface area contributed by atoms with Crippen LogP contribution in [0.4, 0.5) is 0 Å². The molecule has 28 heavy (non-hydrogen) atoms. The van der Waals surface area contributed by atoms with Crippen molar-refractivity contribution in [1.82, 2.24) is 34.8 Å². The Balaban J connectivity index is 1.39. The summed E-state index contributed by atoms with van der Waals surface area (Å²) in [5.41, 5.74) is 5.20.